The number of hydrogen-bond acceptors (Lipinski definition) is 2. The van der Waals surface area contributed by atoms with Crippen molar-refractivity contribution >= 4 is 17.2 Å². The molecular formula is C14H26N2S. The van der Waals surface area contributed by atoms with Crippen molar-refractivity contribution in [3.05, 3.63) is 0 Å². The third kappa shape index (κ3) is 2.82. The molecule has 3 heteroatoms. The molecule has 1 aliphatic carbocycles. The van der Waals surface area contributed by atoms with Gasteiger partial charge in [0.25, 0.3) is 0 Å². The molecule has 1 atom stereocenters. The van der Waals surface area contributed by atoms with E-state index in [1.807, 2.05) is 0 Å². The molecule has 2 fully saturated rings. The van der Waals surface area contributed by atoms with E-state index < -0.39 is 0 Å². The summed E-state index contributed by atoms with van der Waals surface area (Å²) in [6.07, 6.45) is 10.4. The van der Waals surface area contributed by atoms with Crippen LogP contribution in [0.2, 0.25) is 0 Å². The Hall–Kier alpha value is -0.150. The molecule has 2 rings (SSSR count). The summed E-state index contributed by atoms with van der Waals surface area (Å²) >= 11 is 5.36. The maximum absolute atomic E-state index is 6.04. The van der Waals surface area contributed by atoms with Crippen molar-refractivity contribution in [1.82, 2.24) is 4.90 Å². The predicted octanol–water partition coefficient (Wildman–Crippen LogP) is 3.10. The number of piperidine rings is 1. The average Bonchev–Trinajstić information content (AvgIpc) is 2.80. The third-order valence-corrected chi connectivity index (χ3v) is 5.24. The maximum atomic E-state index is 6.04. The number of nitrogens with zero attached hydrogens (tertiary/aromatic N) is 1. The monoisotopic (exact) mass is 254 g/mol. The number of likely N-dealkylation sites (tertiary alicyclic amines) is 1. The van der Waals surface area contributed by atoms with E-state index in [9.17, 15) is 0 Å². The first-order valence-electron chi connectivity index (χ1n) is 7.22. The fourth-order valence-electron chi connectivity index (χ4n) is 3.65. The first kappa shape index (κ1) is 13.3. The summed E-state index contributed by atoms with van der Waals surface area (Å²) < 4.78 is 0. The molecule has 0 amide bonds. The molecule has 0 aromatic heterocycles. The molecule has 1 saturated carbocycles. The van der Waals surface area contributed by atoms with Crippen molar-refractivity contribution in [2.24, 2.45) is 11.1 Å². The van der Waals surface area contributed by atoms with Gasteiger partial charge in [0.2, 0.25) is 0 Å². The van der Waals surface area contributed by atoms with Gasteiger partial charge < -0.3 is 5.73 Å². The van der Waals surface area contributed by atoms with Gasteiger partial charge in [-0.3, -0.25) is 4.90 Å². The molecule has 2 nitrogen and oxygen atoms in total. The van der Waals surface area contributed by atoms with E-state index in [2.05, 4.69) is 11.8 Å². The highest BCUT2D eigenvalue weighted by Crippen LogP contribution is 2.40. The quantitative estimate of drug-likeness (QED) is 0.782. The van der Waals surface area contributed by atoms with Gasteiger partial charge in [-0.25, -0.2) is 0 Å². The van der Waals surface area contributed by atoms with Gasteiger partial charge in [0, 0.05) is 18.0 Å². The number of hydrogen-bond donors (Lipinski definition) is 1. The van der Waals surface area contributed by atoms with Gasteiger partial charge in [-0.2, -0.15) is 0 Å². The Balaban J connectivity index is 2.04. The van der Waals surface area contributed by atoms with Crippen LogP contribution >= 0.6 is 12.2 Å². The van der Waals surface area contributed by atoms with E-state index in [1.165, 1.54) is 57.9 Å². The van der Waals surface area contributed by atoms with Crippen molar-refractivity contribution in [3.8, 4) is 0 Å². The zero-order valence-electron chi connectivity index (χ0n) is 11.1. The van der Waals surface area contributed by atoms with Crippen LogP contribution in [0.5, 0.6) is 0 Å². The second-order valence-corrected chi connectivity index (χ2v) is 6.32. The Morgan fingerprint density at radius 2 is 2.00 bits per heavy atom. The fourth-order valence-corrected chi connectivity index (χ4v) is 3.92. The zero-order valence-corrected chi connectivity index (χ0v) is 11.9. The lowest BCUT2D eigenvalue weighted by Crippen LogP contribution is -2.49. The zero-order chi connectivity index (χ0) is 12.3. The van der Waals surface area contributed by atoms with E-state index in [1.54, 1.807) is 0 Å². The second kappa shape index (κ2) is 5.66. The summed E-state index contributed by atoms with van der Waals surface area (Å²) in [6, 6.07) is 0.774. The van der Waals surface area contributed by atoms with Gasteiger partial charge in [-0.15, -0.1) is 0 Å². The Kier molecular flexibility index (Phi) is 4.42. The predicted molar refractivity (Wildman–Crippen MR) is 77.2 cm³/mol. The smallest absolute Gasteiger partial charge is 0.0802 e. The van der Waals surface area contributed by atoms with Crippen LogP contribution in [0, 0.1) is 5.41 Å². The molecule has 1 aliphatic heterocycles. The van der Waals surface area contributed by atoms with Gasteiger partial charge >= 0.3 is 0 Å². The normalized spacial score (nSPS) is 29.4. The molecular weight excluding hydrogens is 228 g/mol. The van der Waals surface area contributed by atoms with Gasteiger partial charge in [0.15, 0.2) is 0 Å². The maximum Gasteiger partial charge on any atom is 0.0802 e. The van der Waals surface area contributed by atoms with Crippen LogP contribution in [-0.4, -0.2) is 29.0 Å². The Morgan fingerprint density at radius 3 is 2.59 bits per heavy atom. The average molecular weight is 254 g/mol. The summed E-state index contributed by atoms with van der Waals surface area (Å²) in [5.74, 6) is 0. The van der Waals surface area contributed by atoms with Crippen molar-refractivity contribution < 1.29 is 0 Å². The molecule has 1 heterocycles. The van der Waals surface area contributed by atoms with Crippen molar-refractivity contribution in [2.75, 3.05) is 13.1 Å². The van der Waals surface area contributed by atoms with E-state index in [0.29, 0.717) is 0 Å². The van der Waals surface area contributed by atoms with Crippen LogP contribution in [0.25, 0.3) is 0 Å². The first-order valence-corrected chi connectivity index (χ1v) is 7.63. The molecule has 2 N–H and O–H groups in total. The van der Waals surface area contributed by atoms with E-state index in [4.69, 9.17) is 18.0 Å². The molecule has 1 saturated heterocycles. The number of rotatable bonds is 4. The first-order chi connectivity index (χ1) is 8.18. The summed E-state index contributed by atoms with van der Waals surface area (Å²) in [4.78, 5) is 3.45. The highest BCUT2D eigenvalue weighted by molar-refractivity contribution is 7.80. The molecule has 2 aliphatic rings. The summed E-state index contributed by atoms with van der Waals surface area (Å²) in [7, 11) is 0. The SMILES string of the molecule is CCC1CCCCN1CC1(C(N)=S)CCCC1. The highest BCUT2D eigenvalue weighted by Gasteiger charge is 2.39. The van der Waals surface area contributed by atoms with Crippen molar-refractivity contribution in [3.63, 3.8) is 0 Å². The second-order valence-electron chi connectivity index (χ2n) is 5.88. The molecule has 0 bridgehead atoms. The molecule has 0 radical (unpaired) electrons. The van der Waals surface area contributed by atoms with E-state index >= 15 is 0 Å². The molecule has 98 valence electrons. The van der Waals surface area contributed by atoms with Gasteiger partial charge in [0.05, 0.1) is 4.99 Å². The van der Waals surface area contributed by atoms with E-state index in [-0.39, 0.29) is 5.41 Å². The number of thiocarbonyl (C=S) groups is 1. The Bertz CT molecular complexity index is 271. The van der Waals surface area contributed by atoms with Crippen LogP contribution in [-0.2, 0) is 0 Å². The summed E-state index contributed by atoms with van der Waals surface area (Å²) in [5.41, 5.74) is 6.21. The van der Waals surface area contributed by atoms with Gasteiger partial charge in [-0.1, -0.05) is 38.4 Å². The van der Waals surface area contributed by atoms with Gasteiger partial charge in [-0.05, 0) is 38.6 Å². The molecule has 17 heavy (non-hydrogen) atoms. The van der Waals surface area contributed by atoms with Gasteiger partial charge in [0.1, 0.15) is 0 Å². The molecule has 0 spiro atoms. The molecule has 1 unspecified atom stereocenters. The van der Waals surface area contributed by atoms with Crippen molar-refractivity contribution in [1.29, 1.82) is 0 Å². The molecule has 0 aromatic rings. The lowest BCUT2D eigenvalue weighted by Gasteiger charge is -2.41. The van der Waals surface area contributed by atoms with E-state index in [0.717, 1.165) is 17.6 Å². The lowest BCUT2D eigenvalue weighted by atomic mass is 9.84. The van der Waals surface area contributed by atoms with Crippen LogP contribution in [0.1, 0.15) is 58.3 Å². The van der Waals surface area contributed by atoms with Crippen LogP contribution < -0.4 is 5.73 Å². The Morgan fingerprint density at radius 1 is 1.29 bits per heavy atom. The summed E-state index contributed by atoms with van der Waals surface area (Å²) in [5, 5.41) is 0. The molecule has 0 aromatic carbocycles. The largest absolute Gasteiger partial charge is 0.393 e. The van der Waals surface area contributed by atoms with Crippen molar-refractivity contribution in [2.45, 2.75) is 64.3 Å². The van der Waals surface area contributed by atoms with Crippen LogP contribution in [0.4, 0.5) is 0 Å². The lowest BCUT2D eigenvalue weighted by molar-refractivity contribution is 0.107. The third-order valence-electron chi connectivity index (χ3n) is 4.81. The minimum absolute atomic E-state index is 0.167. The topological polar surface area (TPSA) is 29.3 Å². The van der Waals surface area contributed by atoms with Crippen LogP contribution in [0.15, 0.2) is 0 Å². The standard InChI is InChI=1S/C14H26N2S/c1-2-12-7-3-6-10-16(12)11-14(13(15)17)8-4-5-9-14/h12H,2-11H2,1H3,(H2,15,17). The Labute approximate surface area is 111 Å². The fraction of sp³-hybridized carbons (Fsp3) is 0.929. The highest BCUT2D eigenvalue weighted by atomic mass is 32.1. The minimum atomic E-state index is 0.167. The summed E-state index contributed by atoms with van der Waals surface area (Å²) in [6.45, 7) is 4.69. The van der Waals surface area contributed by atoms with Crippen LogP contribution in [0.3, 0.4) is 0 Å². The number of nitrogens with two attached hydrogens (primary N) is 1. The minimum Gasteiger partial charge on any atom is -0.393 e.